The summed E-state index contributed by atoms with van der Waals surface area (Å²) < 4.78 is 0. The first-order valence-electron chi connectivity index (χ1n) is 7.83. The molecule has 6 nitrogen and oxygen atoms in total. The van der Waals surface area contributed by atoms with Gasteiger partial charge in [-0.25, -0.2) is 0 Å². The minimum Gasteiger partial charge on any atom is -0.326 e. The molecule has 0 unspecified atom stereocenters. The fourth-order valence-electron chi connectivity index (χ4n) is 2.47. The number of carbonyl (C=O) groups is 2. The molecular formula is C19H18N4O2. The highest BCUT2D eigenvalue weighted by molar-refractivity contribution is 6.05. The largest absolute Gasteiger partial charge is 0.326 e. The van der Waals surface area contributed by atoms with Gasteiger partial charge in [0.2, 0.25) is 5.91 Å². The smallest absolute Gasteiger partial charge is 0.255 e. The van der Waals surface area contributed by atoms with Crippen LogP contribution in [0.3, 0.4) is 0 Å². The lowest BCUT2D eigenvalue weighted by atomic mass is 10.1. The Morgan fingerprint density at radius 2 is 1.68 bits per heavy atom. The molecule has 0 aliphatic rings. The van der Waals surface area contributed by atoms with E-state index in [0.29, 0.717) is 16.9 Å². The van der Waals surface area contributed by atoms with Gasteiger partial charge in [0.05, 0.1) is 5.69 Å². The van der Waals surface area contributed by atoms with E-state index in [-0.39, 0.29) is 11.8 Å². The number of aryl methyl sites for hydroxylation is 1. The summed E-state index contributed by atoms with van der Waals surface area (Å²) in [6.07, 6.45) is 0. The van der Waals surface area contributed by atoms with Crippen molar-refractivity contribution in [2.24, 2.45) is 0 Å². The molecule has 1 heterocycles. The summed E-state index contributed by atoms with van der Waals surface area (Å²) in [6, 6.07) is 16.2. The second kappa shape index (κ2) is 7.00. The topological polar surface area (TPSA) is 86.9 Å². The quantitative estimate of drug-likeness (QED) is 0.681. The predicted octanol–water partition coefficient (Wildman–Crippen LogP) is 3.60. The van der Waals surface area contributed by atoms with Crippen LogP contribution in [-0.2, 0) is 4.79 Å². The third-order valence-corrected chi connectivity index (χ3v) is 3.57. The summed E-state index contributed by atoms with van der Waals surface area (Å²) in [4.78, 5) is 23.6. The Labute approximate surface area is 145 Å². The Bertz CT molecular complexity index is 930. The number of hydrogen-bond acceptors (Lipinski definition) is 3. The van der Waals surface area contributed by atoms with E-state index in [0.717, 1.165) is 17.0 Å². The van der Waals surface area contributed by atoms with Crippen LogP contribution in [0, 0.1) is 6.92 Å². The average Bonchev–Trinajstić information content (AvgIpc) is 3.01. The second-order valence-corrected chi connectivity index (χ2v) is 5.73. The van der Waals surface area contributed by atoms with Gasteiger partial charge in [-0.15, -0.1) is 0 Å². The van der Waals surface area contributed by atoms with Crippen LogP contribution < -0.4 is 10.6 Å². The SMILES string of the molecule is CC(=O)Nc1cccc(C(=O)Nc2cccc(-c3cc(C)[nH]n3)c2)c1. The molecule has 3 rings (SSSR count). The van der Waals surface area contributed by atoms with Crippen LogP contribution in [0.15, 0.2) is 54.6 Å². The normalized spacial score (nSPS) is 10.3. The predicted molar refractivity (Wildman–Crippen MR) is 97.5 cm³/mol. The maximum atomic E-state index is 12.5. The number of nitrogens with one attached hydrogen (secondary N) is 3. The van der Waals surface area contributed by atoms with Crippen LogP contribution >= 0.6 is 0 Å². The first-order chi connectivity index (χ1) is 12.0. The van der Waals surface area contributed by atoms with Crippen molar-refractivity contribution in [1.82, 2.24) is 10.2 Å². The van der Waals surface area contributed by atoms with Gasteiger partial charge in [-0.2, -0.15) is 5.10 Å². The lowest BCUT2D eigenvalue weighted by Crippen LogP contribution is -2.13. The molecule has 0 spiro atoms. The molecule has 0 radical (unpaired) electrons. The molecule has 126 valence electrons. The molecule has 0 saturated carbocycles. The van der Waals surface area contributed by atoms with Crippen molar-refractivity contribution >= 4 is 23.2 Å². The third kappa shape index (κ3) is 4.11. The van der Waals surface area contributed by atoms with Crippen LogP contribution in [0.5, 0.6) is 0 Å². The first kappa shape index (κ1) is 16.4. The standard InChI is InChI=1S/C19H18N4O2/c1-12-9-18(23-22-12)14-5-3-8-17(10-14)21-19(25)15-6-4-7-16(11-15)20-13(2)24/h3-11H,1-2H3,(H,20,24)(H,21,25)(H,22,23). The molecule has 0 aliphatic carbocycles. The molecule has 6 heteroatoms. The number of amides is 2. The van der Waals surface area contributed by atoms with Gasteiger partial charge in [0.1, 0.15) is 0 Å². The number of rotatable bonds is 4. The van der Waals surface area contributed by atoms with Crippen molar-refractivity contribution < 1.29 is 9.59 Å². The molecule has 0 bridgehead atoms. The third-order valence-electron chi connectivity index (χ3n) is 3.57. The number of aromatic nitrogens is 2. The Kier molecular flexibility index (Phi) is 4.61. The highest BCUT2D eigenvalue weighted by Crippen LogP contribution is 2.22. The number of carbonyl (C=O) groups excluding carboxylic acids is 2. The Morgan fingerprint density at radius 1 is 0.960 bits per heavy atom. The van der Waals surface area contributed by atoms with Gasteiger partial charge in [-0.05, 0) is 43.3 Å². The lowest BCUT2D eigenvalue weighted by Gasteiger charge is -2.08. The summed E-state index contributed by atoms with van der Waals surface area (Å²) in [6.45, 7) is 3.36. The van der Waals surface area contributed by atoms with Gasteiger partial charge < -0.3 is 10.6 Å². The van der Waals surface area contributed by atoms with Crippen molar-refractivity contribution in [3.05, 3.63) is 65.9 Å². The van der Waals surface area contributed by atoms with E-state index in [9.17, 15) is 9.59 Å². The molecule has 0 saturated heterocycles. The molecule has 3 N–H and O–H groups in total. The summed E-state index contributed by atoms with van der Waals surface area (Å²) in [5.41, 5.74) is 4.43. The Balaban J connectivity index is 1.78. The van der Waals surface area contributed by atoms with Crippen molar-refractivity contribution in [3.8, 4) is 11.3 Å². The average molecular weight is 334 g/mol. The van der Waals surface area contributed by atoms with Gasteiger partial charge in [0, 0.05) is 35.1 Å². The molecule has 3 aromatic rings. The van der Waals surface area contributed by atoms with Gasteiger partial charge in [0.25, 0.3) is 5.91 Å². The number of anilines is 2. The number of benzene rings is 2. The van der Waals surface area contributed by atoms with Crippen molar-refractivity contribution in [1.29, 1.82) is 0 Å². The summed E-state index contributed by atoms with van der Waals surface area (Å²) in [5, 5.41) is 12.7. The zero-order chi connectivity index (χ0) is 17.8. The van der Waals surface area contributed by atoms with Crippen LogP contribution in [0.4, 0.5) is 11.4 Å². The fraction of sp³-hybridized carbons (Fsp3) is 0.105. The summed E-state index contributed by atoms with van der Waals surface area (Å²) >= 11 is 0. The van der Waals surface area contributed by atoms with E-state index < -0.39 is 0 Å². The van der Waals surface area contributed by atoms with E-state index in [4.69, 9.17) is 0 Å². The number of hydrogen-bond donors (Lipinski definition) is 3. The number of nitrogens with zero attached hydrogens (tertiary/aromatic N) is 1. The van der Waals surface area contributed by atoms with Crippen molar-refractivity contribution in [3.63, 3.8) is 0 Å². The van der Waals surface area contributed by atoms with Crippen molar-refractivity contribution in [2.45, 2.75) is 13.8 Å². The molecule has 0 fully saturated rings. The van der Waals surface area contributed by atoms with Gasteiger partial charge >= 0.3 is 0 Å². The first-order valence-corrected chi connectivity index (χ1v) is 7.83. The van der Waals surface area contributed by atoms with Gasteiger partial charge in [-0.3, -0.25) is 14.7 Å². The lowest BCUT2D eigenvalue weighted by molar-refractivity contribution is -0.114. The molecule has 0 aliphatic heterocycles. The second-order valence-electron chi connectivity index (χ2n) is 5.73. The number of H-pyrrole nitrogens is 1. The molecule has 2 aromatic carbocycles. The zero-order valence-corrected chi connectivity index (χ0v) is 14.0. The van der Waals surface area contributed by atoms with Crippen LogP contribution in [-0.4, -0.2) is 22.0 Å². The van der Waals surface area contributed by atoms with E-state index >= 15 is 0 Å². The highest BCUT2D eigenvalue weighted by Gasteiger charge is 2.09. The van der Waals surface area contributed by atoms with Gasteiger partial charge in [-0.1, -0.05) is 18.2 Å². The minimum absolute atomic E-state index is 0.181. The monoisotopic (exact) mass is 334 g/mol. The Morgan fingerprint density at radius 3 is 2.36 bits per heavy atom. The summed E-state index contributed by atoms with van der Waals surface area (Å²) in [7, 11) is 0. The molecular weight excluding hydrogens is 316 g/mol. The Hall–Kier alpha value is -3.41. The van der Waals surface area contributed by atoms with Crippen LogP contribution in [0.25, 0.3) is 11.3 Å². The summed E-state index contributed by atoms with van der Waals surface area (Å²) in [5.74, 6) is -0.429. The van der Waals surface area contributed by atoms with Crippen molar-refractivity contribution in [2.75, 3.05) is 10.6 Å². The molecule has 2 amide bonds. The molecule has 25 heavy (non-hydrogen) atoms. The molecule has 0 atom stereocenters. The number of aromatic amines is 1. The van der Waals surface area contributed by atoms with E-state index in [1.807, 2.05) is 37.3 Å². The van der Waals surface area contributed by atoms with E-state index in [2.05, 4.69) is 20.8 Å². The maximum Gasteiger partial charge on any atom is 0.255 e. The maximum absolute atomic E-state index is 12.5. The zero-order valence-electron chi connectivity index (χ0n) is 14.0. The van der Waals surface area contributed by atoms with Crippen LogP contribution in [0.2, 0.25) is 0 Å². The van der Waals surface area contributed by atoms with Crippen LogP contribution in [0.1, 0.15) is 23.0 Å². The van der Waals surface area contributed by atoms with E-state index in [1.54, 1.807) is 24.3 Å². The molecule has 1 aromatic heterocycles. The minimum atomic E-state index is -0.248. The van der Waals surface area contributed by atoms with Gasteiger partial charge in [0.15, 0.2) is 0 Å². The van der Waals surface area contributed by atoms with E-state index in [1.165, 1.54) is 6.92 Å². The fourth-order valence-corrected chi connectivity index (χ4v) is 2.47. The highest BCUT2D eigenvalue weighted by atomic mass is 16.2.